The van der Waals surface area contributed by atoms with E-state index in [4.69, 9.17) is 0 Å². The highest BCUT2D eigenvalue weighted by atomic mass is 32.2. The second-order valence-corrected chi connectivity index (χ2v) is 4.15. The third-order valence-electron chi connectivity index (χ3n) is 1.84. The van der Waals surface area contributed by atoms with E-state index >= 15 is 0 Å². The summed E-state index contributed by atoms with van der Waals surface area (Å²) in [5.74, 6) is 1.23. The molecule has 1 nitrogen and oxygen atoms in total. The number of hydrogen-bond donors (Lipinski definition) is 0. The van der Waals surface area contributed by atoms with Gasteiger partial charge in [0.15, 0.2) is 0 Å². The molecule has 0 bridgehead atoms. The summed E-state index contributed by atoms with van der Waals surface area (Å²) in [6.07, 6.45) is 6.84. The maximum absolute atomic E-state index is 2.22. The van der Waals surface area contributed by atoms with Crippen molar-refractivity contribution in [1.29, 1.82) is 0 Å². The van der Waals surface area contributed by atoms with Gasteiger partial charge in [-0.2, -0.15) is 0 Å². The minimum atomic E-state index is 1.15. The van der Waals surface area contributed by atoms with Crippen LogP contribution < -0.4 is 0 Å². The highest BCUT2D eigenvalue weighted by molar-refractivity contribution is 7.99. The Kier molecular flexibility index (Phi) is 3.73. The largest absolute Gasteiger partial charge is 0.356 e. The van der Waals surface area contributed by atoms with Crippen molar-refractivity contribution in [2.45, 2.75) is 31.6 Å². The zero-order valence-corrected chi connectivity index (χ0v) is 8.95. The minimum absolute atomic E-state index is 1.15. The molecule has 1 rings (SSSR count). The number of hydrogen-bond acceptors (Lipinski definition) is 1. The standard InChI is InChI=1S/C10H17NS/c1-4-6-12-10-8-11(3)7-9(10)5-2/h7-8H,4-6H2,1-3H3. The molecule has 0 saturated heterocycles. The lowest BCUT2D eigenvalue weighted by atomic mass is 10.3. The molecule has 0 radical (unpaired) electrons. The summed E-state index contributed by atoms with van der Waals surface area (Å²) >= 11 is 1.97. The molecule has 0 unspecified atom stereocenters. The molecular formula is C10H17NS. The molecule has 1 aromatic rings. The molecule has 0 saturated carbocycles. The predicted molar refractivity (Wildman–Crippen MR) is 55.8 cm³/mol. The van der Waals surface area contributed by atoms with E-state index in [1.807, 2.05) is 11.8 Å². The normalized spacial score (nSPS) is 10.6. The zero-order valence-electron chi connectivity index (χ0n) is 8.13. The molecule has 0 aromatic carbocycles. The fourth-order valence-electron chi connectivity index (χ4n) is 1.22. The monoisotopic (exact) mass is 183 g/mol. The highest BCUT2D eigenvalue weighted by Crippen LogP contribution is 2.24. The molecule has 0 aliphatic carbocycles. The first kappa shape index (κ1) is 9.72. The van der Waals surface area contributed by atoms with Crippen LogP contribution in [0.25, 0.3) is 0 Å². The number of aromatic nitrogens is 1. The Bertz CT molecular complexity index is 240. The van der Waals surface area contributed by atoms with E-state index in [2.05, 4.69) is 37.9 Å². The van der Waals surface area contributed by atoms with Gasteiger partial charge in [-0.1, -0.05) is 13.8 Å². The molecule has 1 aromatic heterocycles. The van der Waals surface area contributed by atoms with Crippen LogP contribution in [-0.4, -0.2) is 10.3 Å². The predicted octanol–water partition coefficient (Wildman–Crippen LogP) is 3.09. The molecule has 0 spiro atoms. The van der Waals surface area contributed by atoms with Crippen LogP contribution in [0, 0.1) is 0 Å². The number of rotatable bonds is 4. The van der Waals surface area contributed by atoms with Crippen molar-refractivity contribution in [3.05, 3.63) is 18.0 Å². The third kappa shape index (κ3) is 2.31. The maximum Gasteiger partial charge on any atom is 0.0281 e. The average Bonchev–Trinajstić information content (AvgIpc) is 2.42. The van der Waals surface area contributed by atoms with Gasteiger partial charge in [0.1, 0.15) is 0 Å². The van der Waals surface area contributed by atoms with E-state index in [0.717, 1.165) is 6.42 Å². The van der Waals surface area contributed by atoms with Gasteiger partial charge in [-0.05, 0) is 24.2 Å². The van der Waals surface area contributed by atoms with Crippen LogP contribution in [0.1, 0.15) is 25.8 Å². The molecule has 68 valence electrons. The Morgan fingerprint density at radius 2 is 2.08 bits per heavy atom. The van der Waals surface area contributed by atoms with E-state index in [1.54, 1.807) is 0 Å². The first-order chi connectivity index (χ1) is 5.77. The Labute approximate surface area is 79.2 Å². The molecule has 0 aliphatic heterocycles. The topological polar surface area (TPSA) is 4.93 Å². The van der Waals surface area contributed by atoms with Gasteiger partial charge in [-0.15, -0.1) is 11.8 Å². The van der Waals surface area contributed by atoms with Gasteiger partial charge in [0.25, 0.3) is 0 Å². The molecule has 0 atom stereocenters. The molecule has 0 fully saturated rings. The Morgan fingerprint density at radius 3 is 2.67 bits per heavy atom. The quantitative estimate of drug-likeness (QED) is 0.649. The van der Waals surface area contributed by atoms with E-state index in [1.165, 1.54) is 22.6 Å². The van der Waals surface area contributed by atoms with Crippen molar-refractivity contribution in [1.82, 2.24) is 4.57 Å². The van der Waals surface area contributed by atoms with E-state index in [-0.39, 0.29) is 0 Å². The van der Waals surface area contributed by atoms with Gasteiger partial charge < -0.3 is 4.57 Å². The van der Waals surface area contributed by atoms with Crippen LogP contribution in [0.4, 0.5) is 0 Å². The maximum atomic E-state index is 2.22. The molecule has 0 N–H and O–H groups in total. The van der Waals surface area contributed by atoms with Crippen molar-refractivity contribution in [2.24, 2.45) is 7.05 Å². The fraction of sp³-hybridized carbons (Fsp3) is 0.600. The summed E-state index contributed by atoms with van der Waals surface area (Å²) < 4.78 is 2.15. The Morgan fingerprint density at radius 1 is 1.33 bits per heavy atom. The fourth-order valence-corrected chi connectivity index (χ4v) is 2.27. The lowest BCUT2D eigenvalue weighted by Gasteiger charge is -1.98. The number of aryl methyl sites for hydroxylation is 2. The summed E-state index contributed by atoms with van der Waals surface area (Å²) in [5.41, 5.74) is 1.48. The molecule has 0 amide bonds. The lowest BCUT2D eigenvalue weighted by Crippen LogP contribution is -1.79. The SMILES string of the molecule is CCCSc1cn(C)cc1CC. The van der Waals surface area contributed by atoms with Crippen LogP contribution in [0.2, 0.25) is 0 Å². The number of thioether (sulfide) groups is 1. The summed E-state index contributed by atoms with van der Waals surface area (Å²) in [6.45, 7) is 4.44. The molecule has 0 aliphatic rings. The summed E-state index contributed by atoms with van der Waals surface area (Å²) in [7, 11) is 2.09. The first-order valence-corrected chi connectivity index (χ1v) is 5.54. The second kappa shape index (κ2) is 4.61. The van der Waals surface area contributed by atoms with E-state index in [9.17, 15) is 0 Å². The molecular weight excluding hydrogens is 166 g/mol. The van der Waals surface area contributed by atoms with Gasteiger partial charge in [-0.25, -0.2) is 0 Å². The van der Waals surface area contributed by atoms with Crippen LogP contribution >= 0.6 is 11.8 Å². The summed E-state index contributed by atoms with van der Waals surface area (Å²) in [5, 5.41) is 0. The second-order valence-electron chi connectivity index (χ2n) is 3.02. The van der Waals surface area contributed by atoms with Crippen LogP contribution in [-0.2, 0) is 13.5 Å². The molecule has 12 heavy (non-hydrogen) atoms. The van der Waals surface area contributed by atoms with Crippen LogP contribution in [0.15, 0.2) is 17.3 Å². The van der Waals surface area contributed by atoms with Crippen molar-refractivity contribution in [2.75, 3.05) is 5.75 Å². The zero-order chi connectivity index (χ0) is 8.97. The first-order valence-electron chi connectivity index (χ1n) is 4.55. The number of nitrogens with zero attached hydrogens (tertiary/aromatic N) is 1. The average molecular weight is 183 g/mol. The Hall–Kier alpha value is -0.370. The van der Waals surface area contributed by atoms with E-state index < -0.39 is 0 Å². The van der Waals surface area contributed by atoms with Crippen LogP contribution in [0.3, 0.4) is 0 Å². The summed E-state index contributed by atoms with van der Waals surface area (Å²) in [4.78, 5) is 1.46. The Balaban J connectivity index is 2.68. The van der Waals surface area contributed by atoms with Crippen LogP contribution in [0.5, 0.6) is 0 Å². The highest BCUT2D eigenvalue weighted by Gasteiger charge is 2.02. The van der Waals surface area contributed by atoms with Crippen molar-refractivity contribution >= 4 is 11.8 Å². The van der Waals surface area contributed by atoms with Gasteiger partial charge in [0.05, 0.1) is 0 Å². The third-order valence-corrected chi connectivity index (χ3v) is 3.13. The molecule has 2 heteroatoms. The van der Waals surface area contributed by atoms with Crippen molar-refractivity contribution in [3.8, 4) is 0 Å². The van der Waals surface area contributed by atoms with Gasteiger partial charge in [-0.3, -0.25) is 0 Å². The van der Waals surface area contributed by atoms with Gasteiger partial charge in [0, 0.05) is 24.3 Å². The smallest absolute Gasteiger partial charge is 0.0281 e. The van der Waals surface area contributed by atoms with Crippen molar-refractivity contribution in [3.63, 3.8) is 0 Å². The summed E-state index contributed by atoms with van der Waals surface area (Å²) in [6, 6.07) is 0. The minimum Gasteiger partial charge on any atom is -0.356 e. The van der Waals surface area contributed by atoms with Crippen molar-refractivity contribution < 1.29 is 0 Å². The van der Waals surface area contributed by atoms with E-state index in [0.29, 0.717) is 0 Å². The lowest BCUT2D eigenvalue weighted by molar-refractivity contribution is 0.916. The van der Waals surface area contributed by atoms with Gasteiger partial charge >= 0.3 is 0 Å². The molecule has 1 heterocycles. The van der Waals surface area contributed by atoms with Gasteiger partial charge in [0.2, 0.25) is 0 Å².